The number of carbonyl (C=O) groups excluding carboxylic acids is 1. The Morgan fingerprint density at radius 3 is 2.70 bits per heavy atom. The van der Waals surface area contributed by atoms with E-state index in [1.54, 1.807) is 19.2 Å². The Balaban J connectivity index is 0.00000264. The van der Waals surface area contributed by atoms with Crippen LogP contribution < -0.4 is 11.1 Å². The molecule has 0 radical (unpaired) electrons. The Bertz CT molecular complexity index is 686. The fourth-order valence-corrected chi connectivity index (χ4v) is 3.04. The number of nitrogens with zero attached hydrogens (tertiary/aromatic N) is 2. The summed E-state index contributed by atoms with van der Waals surface area (Å²) in [6.45, 7) is 1.11. The average Bonchev–Trinajstić information content (AvgIpc) is 3.09. The molecule has 0 spiro atoms. The second-order valence-electron chi connectivity index (χ2n) is 4.59. The number of primary amides is 1. The Hall–Kier alpha value is -1.26. The molecule has 0 aliphatic heterocycles. The molecule has 0 aromatic carbocycles. The largest absolute Gasteiger partial charge is 0.454 e. The highest BCUT2D eigenvalue weighted by Crippen LogP contribution is 2.22. The summed E-state index contributed by atoms with van der Waals surface area (Å²) in [6, 6.07) is 7.13. The van der Waals surface area contributed by atoms with E-state index < -0.39 is 5.91 Å². The van der Waals surface area contributed by atoms with E-state index >= 15 is 0 Å². The van der Waals surface area contributed by atoms with Crippen molar-refractivity contribution in [1.29, 1.82) is 0 Å². The molecule has 0 unspecified atom stereocenters. The molecular weight excluding hydrogens is 451 g/mol. The first-order valence-corrected chi connectivity index (χ1v) is 7.73. The summed E-state index contributed by atoms with van der Waals surface area (Å²) < 4.78 is 6.08. The molecule has 126 valence electrons. The molecule has 2 rings (SSSR count). The maximum Gasteiger partial charge on any atom is 0.284 e. The molecular formula is C14H18ClIN4O2S. The van der Waals surface area contributed by atoms with E-state index in [0.29, 0.717) is 24.8 Å². The zero-order chi connectivity index (χ0) is 16.1. The van der Waals surface area contributed by atoms with Crippen LogP contribution >= 0.6 is 46.9 Å². The lowest BCUT2D eigenvalue weighted by Crippen LogP contribution is -2.37. The summed E-state index contributed by atoms with van der Waals surface area (Å²) in [5.41, 5.74) is 5.15. The number of rotatable bonds is 5. The van der Waals surface area contributed by atoms with Gasteiger partial charge in [-0.05, 0) is 24.3 Å². The van der Waals surface area contributed by atoms with Gasteiger partial charge in [-0.25, -0.2) is 0 Å². The summed E-state index contributed by atoms with van der Waals surface area (Å²) >= 11 is 7.47. The molecule has 6 nitrogen and oxygen atoms in total. The molecule has 3 N–H and O–H groups in total. The fourth-order valence-electron chi connectivity index (χ4n) is 1.90. The molecule has 23 heavy (non-hydrogen) atoms. The highest BCUT2D eigenvalue weighted by Gasteiger charge is 2.10. The van der Waals surface area contributed by atoms with Crippen molar-refractivity contribution in [2.24, 2.45) is 10.7 Å². The number of carbonyl (C=O) groups is 1. The SMILES string of the molecule is CN=C(NCc1ccc(C(N)=O)o1)N(C)Cc1ccc(Cl)s1.I. The highest BCUT2D eigenvalue weighted by atomic mass is 127. The first kappa shape index (κ1) is 19.8. The predicted molar refractivity (Wildman–Crippen MR) is 104 cm³/mol. The van der Waals surface area contributed by atoms with Crippen molar-refractivity contribution in [2.75, 3.05) is 14.1 Å². The topological polar surface area (TPSA) is 83.9 Å². The Morgan fingerprint density at radius 2 is 2.17 bits per heavy atom. The third-order valence-electron chi connectivity index (χ3n) is 2.92. The number of thiophene rings is 1. The zero-order valence-electron chi connectivity index (χ0n) is 12.7. The Morgan fingerprint density at radius 1 is 1.43 bits per heavy atom. The maximum atomic E-state index is 11.0. The lowest BCUT2D eigenvalue weighted by atomic mass is 10.4. The number of halogens is 2. The van der Waals surface area contributed by atoms with Gasteiger partial charge in [-0.2, -0.15) is 0 Å². The van der Waals surface area contributed by atoms with E-state index in [1.807, 2.05) is 24.1 Å². The molecule has 0 saturated heterocycles. The summed E-state index contributed by atoms with van der Waals surface area (Å²) in [5.74, 6) is 0.889. The third kappa shape index (κ3) is 5.70. The molecule has 0 aliphatic rings. The van der Waals surface area contributed by atoms with E-state index in [1.165, 1.54) is 11.3 Å². The van der Waals surface area contributed by atoms with Crippen LogP contribution in [0.25, 0.3) is 0 Å². The van der Waals surface area contributed by atoms with Gasteiger partial charge in [-0.1, -0.05) is 11.6 Å². The molecule has 2 heterocycles. The molecule has 2 aromatic heterocycles. The van der Waals surface area contributed by atoms with Crippen molar-refractivity contribution < 1.29 is 9.21 Å². The van der Waals surface area contributed by atoms with Crippen molar-refractivity contribution in [1.82, 2.24) is 10.2 Å². The van der Waals surface area contributed by atoms with Gasteiger partial charge < -0.3 is 20.4 Å². The van der Waals surface area contributed by atoms with Gasteiger partial charge >= 0.3 is 0 Å². The second-order valence-corrected chi connectivity index (χ2v) is 6.39. The molecule has 0 atom stereocenters. The molecule has 0 saturated carbocycles. The highest BCUT2D eigenvalue weighted by molar-refractivity contribution is 14.0. The number of furan rings is 1. The molecule has 9 heteroatoms. The number of amides is 1. The van der Waals surface area contributed by atoms with Gasteiger partial charge in [0.25, 0.3) is 5.91 Å². The van der Waals surface area contributed by atoms with E-state index in [4.69, 9.17) is 21.8 Å². The van der Waals surface area contributed by atoms with Gasteiger partial charge in [0.1, 0.15) is 5.76 Å². The quantitative estimate of drug-likeness (QED) is 0.401. The monoisotopic (exact) mass is 468 g/mol. The van der Waals surface area contributed by atoms with Crippen LogP contribution in [0.2, 0.25) is 4.34 Å². The summed E-state index contributed by atoms with van der Waals surface area (Å²) in [5, 5.41) is 3.17. The smallest absolute Gasteiger partial charge is 0.284 e. The number of nitrogens with one attached hydrogen (secondary N) is 1. The average molecular weight is 469 g/mol. The van der Waals surface area contributed by atoms with Crippen LogP contribution in [-0.4, -0.2) is 30.9 Å². The standard InChI is InChI=1S/C14H17ClN4O2S.HI/c1-17-14(19(2)8-10-4-6-12(15)22-10)18-7-9-3-5-11(21-9)13(16)20;/h3-6H,7-8H2,1-2H3,(H2,16,20)(H,17,18);1H. The van der Waals surface area contributed by atoms with Crippen molar-refractivity contribution in [3.05, 3.63) is 45.0 Å². The Labute approximate surface area is 160 Å². The van der Waals surface area contributed by atoms with Crippen LogP contribution in [0.5, 0.6) is 0 Å². The number of nitrogens with two attached hydrogens (primary N) is 1. The molecule has 0 aliphatic carbocycles. The first-order chi connectivity index (χ1) is 10.5. The van der Waals surface area contributed by atoms with Crippen LogP contribution in [0.1, 0.15) is 21.2 Å². The van der Waals surface area contributed by atoms with Crippen molar-refractivity contribution in [2.45, 2.75) is 13.1 Å². The summed E-state index contributed by atoms with van der Waals surface area (Å²) in [4.78, 5) is 18.3. The number of aliphatic imine (C=N–C) groups is 1. The van der Waals surface area contributed by atoms with Gasteiger partial charge in [0.2, 0.25) is 0 Å². The van der Waals surface area contributed by atoms with Crippen LogP contribution in [-0.2, 0) is 13.1 Å². The minimum atomic E-state index is -0.581. The van der Waals surface area contributed by atoms with Gasteiger partial charge in [-0.3, -0.25) is 9.79 Å². The number of guanidine groups is 1. The van der Waals surface area contributed by atoms with Crippen LogP contribution in [0.4, 0.5) is 0 Å². The lowest BCUT2D eigenvalue weighted by molar-refractivity contribution is 0.0972. The fraction of sp³-hybridized carbons (Fsp3) is 0.286. The zero-order valence-corrected chi connectivity index (χ0v) is 16.6. The van der Waals surface area contributed by atoms with E-state index in [-0.39, 0.29) is 29.7 Å². The van der Waals surface area contributed by atoms with Gasteiger partial charge in [0, 0.05) is 19.0 Å². The summed E-state index contributed by atoms with van der Waals surface area (Å²) in [6.07, 6.45) is 0. The minimum Gasteiger partial charge on any atom is -0.454 e. The normalized spacial score (nSPS) is 11.0. The molecule has 0 bridgehead atoms. The molecule has 0 fully saturated rings. The van der Waals surface area contributed by atoms with Gasteiger partial charge in [0.05, 0.1) is 17.4 Å². The van der Waals surface area contributed by atoms with E-state index in [2.05, 4.69) is 10.3 Å². The van der Waals surface area contributed by atoms with E-state index in [9.17, 15) is 4.79 Å². The summed E-state index contributed by atoms with van der Waals surface area (Å²) in [7, 11) is 3.64. The number of hydrogen-bond donors (Lipinski definition) is 2. The molecule has 2 aromatic rings. The van der Waals surface area contributed by atoms with Gasteiger partial charge in [-0.15, -0.1) is 35.3 Å². The predicted octanol–water partition coefficient (Wildman–Crippen LogP) is 2.92. The van der Waals surface area contributed by atoms with E-state index in [0.717, 1.165) is 9.21 Å². The number of hydrogen-bond acceptors (Lipinski definition) is 4. The Kier molecular flexibility index (Phi) is 7.86. The third-order valence-corrected chi connectivity index (χ3v) is 4.14. The van der Waals surface area contributed by atoms with Crippen molar-refractivity contribution in [3.8, 4) is 0 Å². The van der Waals surface area contributed by atoms with Crippen LogP contribution in [0.3, 0.4) is 0 Å². The lowest BCUT2D eigenvalue weighted by Gasteiger charge is -2.21. The first-order valence-electron chi connectivity index (χ1n) is 6.54. The van der Waals surface area contributed by atoms with Crippen LogP contribution in [0.15, 0.2) is 33.7 Å². The van der Waals surface area contributed by atoms with Gasteiger partial charge in [0.15, 0.2) is 11.7 Å². The van der Waals surface area contributed by atoms with Crippen molar-refractivity contribution in [3.63, 3.8) is 0 Å². The maximum absolute atomic E-state index is 11.0. The molecule has 1 amide bonds. The van der Waals surface area contributed by atoms with Crippen molar-refractivity contribution >= 4 is 58.8 Å². The van der Waals surface area contributed by atoms with Crippen LogP contribution in [0, 0.1) is 0 Å². The minimum absolute atomic E-state index is 0. The second kappa shape index (κ2) is 9.14.